The lowest BCUT2D eigenvalue weighted by molar-refractivity contribution is -0.384. The second-order valence-electron chi connectivity index (χ2n) is 6.01. The molecule has 0 aliphatic rings. The summed E-state index contributed by atoms with van der Waals surface area (Å²) < 4.78 is 10.8. The average Bonchev–Trinajstić information content (AvgIpc) is 3.22. The summed E-state index contributed by atoms with van der Waals surface area (Å²) in [4.78, 5) is 22.7. The van der Waals surface area contributed by atoms with Gasteiger partial charge >= 0.3 is 0 Å². The van der Waals surface area contributed by atoms with E-state index in [9.17, 15) is 14.9 Å². The first kappa shape index (κ1) is 19.8. The molecule has 29 heavy (non-hydrogen) atoms. The molecule has 0 spiro atoms. The maximum Gasteiger partial charge on any atom is 0.270 e. The monoisotopic (exact) mass is 394 g/mol. The number of methoxy groups -OCH3 is 1. The van der Waals surface area contributed by atoms with Crippen LogP contribution in [0.4, 0.5) is 11.4 Å². The van der Waals surface area contributed by atoms with Crippen LogP contribution < -0.4 is 10.1 Å². The predicted octanol–water partition coefficient (Wildman–Crippen LogP) is 4.01. The van der Waals surface area contributed by atoms with Crippen LogP contribution >= 0.6 is 0 Å². The molecule has 0 unspecified atom stereocenters. The number of aliphatic hydroxyl groups excluding tert-OH is 1. The molecular weight excluding hydrogens is 376 g/mol. The Morgan fingerprint density at radius 2 is 2.07 bits per heavy atom. The number of hydrogen-bond acceptors (Lipinski definition) is 6. The number of nitro groups is 1. The van der Waals surface area contributed by atoms with Gasteiger partial charge in [0.25, 0.3) is 5.69 Å². The van der Waals surface area contributed by atoms with E-state index >= 15 is 0 Å². The fourth-order valence-electron chi connectivity index (χ4n) is 2.67. The molecule has 3 aromatic rings. The van der Waals surface area contributed by atoms with Crippen molar-refractivity contribution in [1.82, 2.24) is 0 Å². The number of anilines is 1. The highest BCUT2D eigenvalue weighted by Crippen LogP contribution is 2.31. The van der Waals surface area contributed by atoms with Crippen molar-refractivity contribution in [3.63, 3.8) is 0 Å². The molecule has 3 rings (SSSR count). The molecule has 0 fully saturated rings. The van der Waals surface area contributed by atoms with Crippen LogP contribution in [0.1, 0.15) is 11.3 Å². The Hall–Kier alpha value is -3.91. The van der Waals surface area contributed by atoms with E-state index in [0.29, 0.717) is 34.1 Å². The van der Waals surface area contributed by atoms with Gasteiger partial charge in [0.2, 0.25) is 5.91 Å². The Bertz CT molecular complexity index is 1070. The van der Waals surface area contributed by atoms with E-state index in [-0.39, 0.29) is 12.3 Å². The van der Waals surface area contributed by atoms with Gasteiger partial charge in [0.15, 0.2) is 0 Å². The highest BCUT2D eigenvalue weighted by Gasteiger charge is 2.11. The van der Waals surface area contributed by atoms with Gasteiger partial charge in [0.1, 0.15) is 23.9 Å². The standard InChI is InChI=1S/C21H18N2O6/c1-28-20-8-6-15(19-9-7-17(13-24)29-19)12-18(20)22-21(25)10-5-14-3-2-4-16(11-14)23(26)27/h2-12,24H,13H2,1H3,(H,22,25)/b10-5+. The number of nitrogens with zero attached hydrogens (tertiary/aromatic N) is 1. The number of amides is 1. The molecule has 8 heteroatoms. The minimum atomic E-state index is -0.495. The van der Waals surface area contributed by atoms with Crippen molar-refractivity contribution in [3.05, 3.63) is 82.1 Å². The fraction of sp³-hybridized carbons (Fsp3) is 0.0952. The van der Waals surface area contributed by atoms with E-state index in [1.165, 1.54) is 31.4 Å². The molecule has 2 aromatic carbocycles. The van der Waals surface area contributed by atoms with Gasteiger partial charge in [-0.2, -0.15) is 0 Å². The minimum absolute atomic E-state index is 0.0531. The van der Waals surface area contributed by atoms with E-state index < -0.39 is 10.8 Å². The number of nitrogens with one attached hydrogen (secondary N) is 1. The highest BCUT2D eigenvalue weighted by molar-refractivity contribution is 6.03. The molecule has 1 heterocycles. The second kappa shape index (κ2) is 8.85. The van der Waals surface area contributed by atoms with Crippen LogP contribution in [0.15, 0.2) is 65.1 Å². The summed E-state index contributed by atoms with van der Waals surface area (Å²) in [6.45, 7) is -0.206. The smallest absolute Gasteiger partial charge is 0.270 e. The lowest BCUT2D eigenvalue weighted by Crippen LogP contribution is -2.09. The van der Waals surface area contributed by atoms with Gasteiger partial charge in [-0.3, -0.25) is 14.9 Å². The predicted molar refractivity (Wildman–Crippen MR) is 107 cm³/mol. The van der Waals surface area contributed by atoms with E-state index in [4.69, 9.17) is 14.3 Å². The highest BCUT2D eigenvalue weighted by atomic mass is 16.6. The van der Waals surface area contributed by atoms with E-state index in [1.807, 2.05) is 0 Å². The first-order valence-corrected chi connectivity index (χ1v) is 8.61. The van der Waals surface area contributed by atoms with Gasteiger partial charge in [-0.05, 0) is 42.0 Å². The SMILES string of the molecule is COc1ccc(-c2ccc(CO)o2)cc1NC(=O)/C=C/c1cccc([N+](=O)[O-])c1. The number of aliphatic hydroxyl groups is 1. The molecule has 1 aromatic heterocycles. The quantitative estimate of drug-likeness (QED) is 0.355. The number of carbonyl (C=O) groups is 1. The largest absolute Gasteiger partial charge is 0.495 e. The number of nitro benzene ring substituents is 1. The molecule has 148 valence electrons. The van der Waals surface area contributed by atoms with Crippen molar-refractivity contribution < 1.29 is 24.0 Å². The summed E-state index contributed by atoms with van der Waals surface area (Å²) in [5.74, 6) is 1.00. The molecule has 2 N–H and O–H groups in total. The topological polar surface area (TPSA) is 115 Å². The van der Waals surface area contributed by atoms with Crippen LogP contribution in [0.3, 0.4) is 0 Å². The number of carbonyl (C=O) groups excluding carboxylic acids is 1. The summed E-state index contributed by atoms with van der Waals surface area (Å²) in [5.41, 5.74) is 1.61. The Balaban J connectivity index is 1.79. The van der Waals surface area contributed by atoms with Gasteiger partial charge in [0.05, 0.1) is 17.7 Å². The zero-order chi connectivity index (χ0) is 20.8. The van der Waals surface area contributed by atoms with Crippen LogP contribution in [-0.2, 0) is 11.4 Å². The lowest BCUT2D eigenvalue weighted by Gasteiger charge is -2.10. The molecule has 0 aliphatic heterocycles. The molecule has 0 aliphatic carbocycles. The normalized spacial score (nSPS) is 10.8. The van der Waals surface area contributed by atoms with E-state index in [0.717, 1.165) is 0 Å². The third-order valence-corrected chi connectivity index (χ3v) is 4.07. The maximum absolute atomic E-state index is 12.3. The first-order chi connectivity index (χ1) is 14.0. The van der Waals surface area contributed by atoms with Crippen LogP contribution in [-0.4, -0.2) is 23.0 Å². The Kier molecular flexibility index (Phi) is 6.06. The molecule has 0 saturated carbocycles. The third kappa shape index (κ3) is 4.88. The molecule has 8 nitrogen and oxygen atoms in total. The van der Waals surface area contributed by atoms with Crippen molar-refractivity contribution in [2.24, 2.45) is 0 Å². The van der Waals surface area contributed by atoms with Crippen LogP contribution in [0.5, 0.6) is 5.75 Å². The number of rotatable bonds is 7. The first-order valence-electron chi connectivity index (χ1n) is 8.61. The Labute approximate surface area is 166 Å². The number of benzene rings is 2. The van der Waals surface area contributed by atoms with Gasteiger partial charge in [-0.15, -0.1) is 0 Å². The van der Waals surface area contributed by atoms with Gasteiger partial charge in [0, 0.05) is 23.8 Å². The molecule has 0 radical (unpaired) electrons. The summed E-state index contributed by atoms with van der Waals surface area (Å²) in [6, 6.07) is 14.5. The molecule has 0 atom stereocenters. The third-order valence-electron chi connectivity index (χ3n) is 4.07. The Morgan fingerprint density at radius 3 is 2.76 bits per heavy atom. The molecule has 1 amide bonds. The zero-order valence-electron chi connectivity index (χ0n) is 15.5. The van der Waals surface area contributed by atoms with Crippen LogP contribution in [0.25, 0.3) is 17.4 Å². The number of non-ortho nitro benzene ring substituents is 1. The van der Waals surface area contributed by atoms with Crippen molar-refractivity contribution in [3.8, 4) is 17.1 Å². The van der Waals surface area contributed by atoms with Gasteiger partial charge < -0.3 is 19.6 Å². The molecule has 0 bridgehead atoms. The van der Waals surface area contributed by atoms with Gasteiger partial charge in [-0.1, -0.05) is 12.1 Å². The summed E-state index contributed by atoms with van der Waals surface area (Å²) in [5, 5.41) is 22.7. The fourth-order valence-corrected chi connectivity index (χ4v) is 2.67. The summed E-state index contributed by atoms with van der Waals surface area (Å²) >= 11 is 0. The van der Waals surface area contributed by atoms with Crippen molar-refractivity contribution in [2.75, 3.05) is 12.4 Å². The number of hydrogen-bond donors (Lipinski definition) is 2. The second-order valence-corrected chi connectivity index (χ2v) is 6.01. The van der Waals surface area contributed by atoms with Crippen LogP contribution in [0.2, 0.25) is 0 Å². The molecular formula is C21H18N2O6. The Morgan fingerprint density at radius 1 is 1.24 bits per heavy atom. The zero-order valence-corrected chi connectivity index (χ0v) is 15.5. The average molecular weight is 394 g/mol. The molecule has 0 saturated heterocycles. The maximum atomic E-state index is 12.3. The lowest BCUT2D eigenvalue weighted by atomic mass is 10.1. The summed E-state index contributed by atoms with van der Waals surface area (Å²) in [6.07, 6.45) is 2.76. The number of ether oxygens (including phenoxy) is 1. The van der Waals surface area contributed by atoms with Crippen molar-refractivity contribution in [1.29, 1.82) is 0 Å². The van der Waals surface area contributed by atoms with Crippen molar-refractivity contribution >= 4 is 23.4 Å². The van der Waals surface area contributed by atoms with Gasteiger partial charge in [-0.25, -0.2) is 0 Å². The number of furan rings is 1. The summed E-state index contributed by atoms with van der Waals surface area (Å²) in [7, 11) is 1.49. The van der Waals surface area contributed by atoms with E-state index in [2.05, 4.69) is 5.32 Å². The van der Waals surface area contributed by atoms with Crippen LogP contribution in [0, 0.1) is 10.1 Å². The van der Waals surface area contributed by atoms with Crippen molar-refractivity contribution in [2.45, 2.75) is 6.61 Å². The minimum Gasteiger partial charge on any atom is -0.495 e. The van der Waals surface area contributed by atoms with E-state index in [1.54, 1.807) is 42.5 Å².